The third kappa shape index (κ3) is 11.7. The summed E-state index contributed by atoms with van der Waals surface area (Å²) in [5.41, 5.74) is 0. The van der Waals surface area contributed by atoms with Crippen molar-refractivity contribution in [2.75, 3.05) is 27.7 Å². The van der Waals surface area contributed by atoms with E-state index in [4.69, 9.17) is 4.74 Å². The molecule has 112 valence electrons. The Bertz CT molecular complexity index is 284. The Morgan fingerprint density at radius 2 is 1.79 bits per heavy atom. The van der Waals surface area contributed by atoms with E-state index in [9.17, 15) is 14.7 Å². The summed E-state index contributed by atoms with van der Waals surface area (Å²) in [7, 11) is 5.78. The molecule has 0 aliphatic heterocycles. The van der Waals surface area contributed by atoms with Crippen molar-refractivity contribution in [2.45, 2.75) is 51.6 Å². The summed E-state index contributed by atoms with van der Waals surface area (Å²) in [5.74, 6) is -1.49. The lowest BCUT2D eigenvalue weighted by Crippen LogP contribution is -2.45. The van der Waals surface area contributed by atoms with E-state index in [1.165, 1.54) is 0 Å². The number of carbonyl (C=O) groups is 2. The second-order valence-electron chi connectivity index (χ2n) is 5.97. The Morgan fingerprint density at radius 3 is 2.26 bits per heavy atom. The topological polar surface area (TPSA) is 66.4 Å². The summed E-state index contributed by atoms with van der Waals surface area (Å²) in [4.78, 5) is 22.3. The van der Waals surface area contributed by atoms with Gasteiger partial charge in [0.2, 0.25) is 0 Å². The lowest BCUT2D eigenvalue weighted by Gasteiger charge is -2.29. The molecule has 0 saturated heterocycles. The zero-order valence-electron chi connectivity index (χ0n) is 12.6. The molecule has 5 nitrogen and oxygen atoms in total. The quantitative estimate of drug-likeness (QED) is 0.334. The van der Waals surface area contributed by atoms with Crippen molar-refractivity contribution in [2.24, 2.45) is 0 Å². The number of nitrogens with zero attached hydrogens (tertiary/aromatic N) is 1. The average Bonchev–Trinajstić information content (AvgIpc) is 2.20. The maximum atomic E-state index is 11.6. The summed E-state index contributed by atoms with van der Waals surface area (Å²) in [6, 6.07) is 0. The van der Waals surface area contributed by atoms with Crippen LogP contribution in [-0.2, 0) is 14.3 Å². The predicted molar refractivity (Wildman–Crippen MR) is 71.2 cm³/mol. The van der Waals surface area contributed by atoms with Crippen LogP contribution in [0.4, 0.5) is 0 Å². The molecule has 0 heterocycles. The molecule has 0 aromatic heterocycles. The third-order valence-corrected chi connectivity index (χ3v) is 2.68. The minimum atomic E-state index is -1.18. The number of esters is 1. The third-order valence-electron chi connectivity index (χ3n) is 2.68. The highest BCUT2D eigenvalue weighted by atomic mass is 16.5. The van der Waals surface area contributed by atoms with Gasteiger partial charge in [0.05, 0.1) is 21.1 Å². The Kier molecular flexibility index (Phi) is 8.39. The molecule has 0 amide bonds. The summed E-state index contributed by atoms with van der Waals surface area (Å²) in [5, 5.41) is 10.7. The van der Waals surface area contributed by atoms with Gasteiger partial charge in [0.25, 0.3) is 0 Å². The van der Waals surface area contributed by atoms with E-state index in [2.05, 4.69) is 6.92 Å². The van der Waals surface area contributed by atoms with Gasteiger partial charge in [0.1, 0.15) is 6.54 Å². The van der Waals surface area contributed by atoms with Crippen LogP contribution in [0.25, 0.3) is 0 Å². The number of carbonyl (C=O) groups excluding carboxylic acids is 2. The van der Waals surface area contributed by atoms with E-state index in [1.807, 2.05) is 21.1 Å². The van der Waals surface area contributed by atoms with Crippen LogP contribution in [0.1, 0.15) is 45.4 Å². The highest BCUT2D eigenvalue weighted by molar-refractivity contribution is 5.70. The molecular formula is C14H27NO4. The monoisotopic (exact) mass is 273 g/mol. The number of likely N-dealkylation sites (N-methyl/N-ethyl adjacent to an activating group) is 1. The number of unbranched alkanes of at least 4 members (excludes halogenated alkanes) is 3. The van der Waals surface area contributed by atoms with E-state index in [0.717, 1.165) is 25.7 Å². The number of ether oxygens (including phenoxy) is 1. The number of hydrogen-bond donors (Lipinski definition) is 0. The molecule has 0 spiro atoms. The van der Waals surface area contributed by atoms with Crippen molar-refractivity contribution < 1.29 is 23.9 Å². The lowest BCUT2D eigenvalue weighted by atomic mass is 10.1. The number of aliphatic carboxylic acids is 1. The van der Waals surface area contributed by atoms with Crippen LogP contribution in [0.5, 0.6) is 0 Å². The fraction of sp³-hybridized carbons (Fsp3) is 0.857. The fourth-order valence-corrected chi connectivity index (χ4v) is 1.88. The second-order valence-corrected chi connectivity index (χ2v) is 5.97. The first-order valence-corrected chi connectivity index (χ1v) is 6.94. The van der Waals surface area contributed by atoms with Gasteiger partial charge in [-0.1, -0.05) is 26.2 Å². The molecule has 0 rings (SSSR count). The fourth-order valence-electron chi connectivity index (χ4n) is 1.88. The molecule has 0 aromatic carbocycles. The molecule has 0 radical (unpaired) electrons. The van der Waals surface area contributed by atoms with Crippen molar-refractivity contribution in [3.8, 4) is 0 Å². The molecule has 0 aliphatic rings. The van der Waals surface area contributed by atoms with Crippen molar-refractivity contribution in [1.82, 2.24) is 0 Å². The SMILES string of the molecule is CCCCCCC(=O)O[C@H](CC(=O)[O-])C[N+](C)(C)C. The highest BCUT2D eigenvalue weighted by Gasteiger charge is 2.22. The van der Waals surface area contributed by atoms with Crippen molar-refractivity contribution in [3.05, 3.63) is 0 Å². The summed E-state index contributed by atoms with van der Waals surface area (Å²) >= 11 is 0. The van der Waals surface area contributed by atoms with Crippen LogP contribution < -0.4 is 5.11 Å². The van der Waals surface area contributed by atoms with Gasteiger partial charge in [0.15, 0.2) is 6.10 Å². The molecule has 0 aliphatic carbocycles. The normalized spacial score (nSPS) is 13.1. The van der Waals surface area contributed by atoms with Gasteiger partial charge in [-0.15, -0.1) is 0 Å². The van der Waals surface area contributed by atoms with Crippen molar-refractivity contribution >= 4 is 11.9 Å². The number of quaternary nitrogens is 1. The molecule has 0 N–H and O–H groups in total. The van der Waals surface area contributed by atoms with Gasteiger partial charge in [-0.25, -0.2) is 0 Å². The standard InChI is InChI=1S/C14H27NO4/c1-5-6-7-8-9-14(18)19-12(10-13(16)17)11-15(2,3)4/h12H,5-11H2,1-4H3/t12-/m1/s1. The first kappa shape index (κ1) is 17.9. The molecule has 5 heteroatoms. The first-order valence-electron chi connectivity index (χ1n) is 6.94. The van der Waals surface area contributed by atoms with Crippen LogP contribution in [-0.4, -0.2) is 50.2 Å². The molecule has 0 aromatic rings. The maximum absolute atomic E-state index is 11.6. The molecule has 0 unspecified atom stereocenters. The number of hydrogen-bond acceptors (Lipinski definition) is 4. The summed E-state index contributed by atoms with van der Waals surface area (Å²) < 4.78 is 5.78. The smallest absolute Gasteiger partial charge is 0.306 e. The van der Waals surface area contributed by atoms with Crippen LogP contribution >= 0.6 is 0 Å². The Balaban J connectivity index is 4.15. The lowest BCUT2D eigenvalue weighted by molar-refractivity contribution is -0.873. The Morgan fingerprint density at radius 1 is 1.16 bits per heavy atom. The minimum Gasteiger partial charge on any atom is -0.550 e. The number of rotatable bonds is 10. The van der Waals surface area contributed by atoms with E-state index < -0.39 is 12.1 Å². The van der Waals surface area contributed by atoms with E-state index in [1.54, 1.807) is 0 Å². The number of carboxylic acids is 1. The van der Waals surface area contributed by atoms with Crippen LogP contribution in [0.15, 0.2) is 0 Å². The van der Waals surface area contributed by atoms with Crippen LogP contribution in [0.3, 0.4) is 0 Å². The van der Waals surface area contributed by atoms with Gasteiger partial charge in [-0.05, 0) is 6.42 Å². The average molecular weight is 273 g/mol. The van der Waals surface area contributed by atoms with Gasteiger partial charge in [-0.2, -0.15) is 0 Å². The summed E-state index contributed by atoms with van der Waals surface area (Å²) in [6.45, 7) is 2.57. The molecule has 19 heavy (non-hydrogen) atoms. The Labute approximate surface area is 116 Å². The van der Waals surface area contributed by atoms with Gasteiger partial charge in [0, 0.05) is 18.8 Å². The van der Waals surface area contributed by atoms with Crippen molar-refractivity contribution in [1.29, 1.82) is 0 Å². The molecule has 1 atom stereocenters. The van der Waals surface area contributed by atoms with E-state index in [-0.39, 0.29) is 12.4 Å². The maximum Gasteiger partial charge on any atom is 0.306 e. The van der Waals surface area contributed by atoms with Crippen LogP contribution in [0.2, 0.25) is 0 Å². The van der Waals surface area contributed by atoms with Crippen LogP contribution in [0, 0.1) is 0 Å². The van der Waals surface area contributed by atoms with Crippen molar-refractivity contribution in [3.63, 3.8) is 0 Å². The molecule has 0 saturated carbocycles. The number of carboxylic acid groups (broad SMARTS) is 1. The molecule has 0 bridgehead atoms. The highest BCUT2D eigenvalue weighted by Crippen LogP contribution is 2.09. The largest absolute Gasteiger partial charge is 0.550 e. The Hall–Kier alpha value is -1.10. The van der Waals surface area contributed by atoms with Gasteiger partial charge in [-0.3, -0.25) is 4.79 Å². The van der Waals surface area contributed by atoms with E-state index in [0.29, 0.717) is 17.4 Å². The zero-order valence-corrected chi connectivity index (χ0v) is 12.6. The second kappa shape index (κ2) is 8.91. The molecular weight excluding hydrogens is 246 g/mol. The molecule has 0 fully saturated rings. The first-order chi connectivity index (χ1) is 8.74. The van der Waals surface area contributed by atoms with Gasteiger partial charge >= 0.3 is 5.97 Å². The minimum absolute atomic E-state index is 0.240. The summed E-state index contributed by atoms with van der Waals surface area (Å²) in [6.07, 6.45) is 3.54. The predicted octanol–water partition coefficient (Wildman–Crippen LogP) is 0.715. The van der Waals surface area contributed by atoms with E-state index >= 15 is 0 Å². The zero-order chi connectivity index (χ0) is 14.9. The van der Waals surface area contributed by atoms with Gasteiger partial charge < -0.3 is 19.1 Å².